The molecule has 0 bridgehead atoms. The summed E-state index contributed by atoms with van der Waals surface area (Å²) in [6, 6.07) is 10.4. The SMILES string of the molecule is CCOc1ccc(C(O)c2c(C)cc(C)cc2F)cc1. The summed E-state index contributed by atoms with van der Waals surface area (Å²) in [5, 5.41) is 10.4. The molecule has 0 saturated heterocycles. The van der Waals surface area contributed by atoms with Crippen LogP contribution in [-0.4, -0.2) is 11.7 Å². The molecule has 0 aliphatic heterocycles. The summed E-state index contributed by atoms with van der Waals surface area (Å²) >= 11 is 0. The number of halogens is 1. The molecule has 2 nitrogen and oxygen atoms in total. The maximum atomic E-state index is 14.1. The van der Waals surface area contributed by atoms with Gasteiger partial charge in [-0.15, -0.1) is 0 Å². The largest absolute Gasteiger partial charge is 0.494 e. The normalized spacial score (nSPS) is 12.2. The van der Waals surface area contributed by atoms with Gasteiger partial charge in [-0.05, 0) is 55.7 Å². The van der Waals surface area contributed by atoms with Crippen molar-refractivity contribution in [1.82, 2.24) is 0 Å². The molecule has 0 spiro atoms. The van der Waals surface area contributed by atoms with Gasteiger partial charge in [-0.1, -0.05) is 18.2 Å². The molecule has 0 aliphatic rings. The lowest BCUT2D eigenvalue weighted by molar-refractivity contribution is 0.214. The monoisotopic (exact) mass is 274 g/mol. The molecule has 3 heteroatoms. The summed E-state index contributed by atoms with van der Waals surface area (Å²) in [7, 11) is 0. The molecule has 1 N–H and O–H groups in total. The predicted molar refractivity (Wildman–Crippen MR) is 77.5 cm³/mol. The number of aliphatic hydroxyl groups is 1. The first-order valence-corrected chi connectivity index (χ1v) is 6.70. The summed E-state index contributed by atoms with van der Waals surface area (Å²) < 4.78 is 19.4. The predicted octanol–water partition coefficient (Wildman–Crippen LogP) is 3.92. The number of ether oxygens (including phenoxy) is 1. The van der Waals surface area contributed by atoms with E-state index in [0.29, 0.717) is 17.7 Å². The van der Waals surface area contributed by atoms with Crippen LogP contribution in [0.3, 0.4) is 0 Å². The van der Waals surface area contributed by atoms with E-state index < -0.39 is 6.10 Å². The van der Waals surface area contributed by atoms with E-state index in [1.807, 2.05) is 26.8 Å². The first-order valence-electron chi connectivity index (χ1n) is 6.70. The molecule has 0 saturated carbocycles. The Labute approximate surface area is 118 Å². The van der Waals surface area contributed by atoms with E-state index in [2.05, 4.69) is 0 Å². The van der Waals surface area contributed by atoms with Crippen LogP contribution in [0.2, 0.25) is 0 Å². The van der Waals surface area contributed by atoms with Crippen LogP contribution < -0.4 is 4.74 Å². The van der Waals surface area contributed by atoms with Crippen LogP contribution in [0.15, 0.2) is 36.4 Å². The Morgan fingerprint density at radius 1 is 1.15 bits per heavy atom. The van der Waals surface area contributed by atoms with Gasteiger partial charge in [0.05, 0.1) is 6.61 Å². The Bertz CT molecular complexity index is 567. The average Bonchev–Trinajstić information content (AvgIpc) is 2.38. The van der Waals surface area contributed by atoms with Crippen LogP contribution in [0, 0.1) is 19.7 Å². The van der Waals surface area contributed by atoms with Gasteiger partial charge in [-0.25, -0.2) is 4.39 Å². The zero-order valence-corrected chi connectivity index (χ0v) is 12.0. The third-order valence-electron chi connectivity index (χ3n) is 3.26. The maximum absolute atomic E-state index is 14.1. The molecule has 2 rings (SSSR count). The molecule has 20 heavy (non-hydrogen) atoms. The first-order chi connectivity index (χ1) is 9.52. The van der Waals surface area contributed by atoms with Crippen molar-refractivity contribution in [3.8, 4) is 5.75 Å². The summed E-state index contributed by atoms with van der Waals surface area (Å²) in [6.45, 7) is 6.15. The van der Waals surface area contributed by atoms with Crippen LogP contribution >= 0.6 is 0 Å². The second-order valence-electron chi connectivity index (χ2n) is 4.88. The van der Waals surface area contributed by atoms with Crippen molar-refractivity contribution in [3.63, 3.8) is 0 Å². The van der Waals surface area contributed by atoms with Crippen LogP contribution in [0.1, 0.15) is 35.3 Å². The topological polar surface area (TPSA) is 29.5 Å². The molecule has 0 aliphatic carbocycles. The number of rotatable bonds is 4. The highest BCUT2D eigenvalue weighted by Gasteiger charge is 2.18. The van der Waals surface area contributed by atoms with Gasteiger partial charge >= 0.3 is 0 Å². The molecule has 1 unspecified atom stereocenters. The van der Waals surface area contributed by atoms with E-state index >= 15 is 0 Å². The molecular weight excluding hydrogens is 255 g/mol. The minimum absolute atomic E-state index is 0.333. The lowest BCUT2D eigenvalue weighted by Gasteiger charge is -2.16. The Morgan fingerprint density at radius 2 is 1.80 bits per heavy atom. The number of hydrogen-bond donors (Lipinski definition) is 1. The standard InChI is InChI=1S/C17H19FO2/c1-4-20-14-7-5-13(6-8-14)17(19)16-12(3)9-11(2)10-15(16)18/h5-10,17,19H,4H2,1-3H3. The third kappa shape index (κ3) is 2.99. The van der Waals surface area contributed by atoms with Crippen molar-refractivity contribution in [1.29, 1.82) is 0 Å². The van der Waals surface area contributed by atoms with Gasteiger partial charge in [0.25, 0.3) is 0 Å². The van der Waals surface area contributed by atoms with Crippen LogP contribution in [0.5, 0.6) is 5.75 Å². The minimum atomic E-state index is -0.966. The second-order valence-corrected chi connectivity index (χ2v) is 4.88. The third-order valence-corrected chi connectivity index (χ3v) is 3.26. The highest BCUT2D eigenvalue weighted by Crippen LogP contribution is 2.29. The molecular formula is C17H19FO2. The minimum Gasteiger partial charge on any atom is -0.494 e. The maximum Gasteiger partial charge on any atom is 0.129 e. The van der Waals surface area contributed by atoms with E-state index in [9.17, 15) is 9.50 Å². The number of benzene rings is 2. The quantitative estimate of drug-likeness (QED) is 0.915. The summed E-state index contributed by atoms with van der Waals surface area (Å²) in [5.41, 5.74) is 2.59. The van der Waals surface area contributed by atoms with Gasteiger partial charge in [0.1, 0.15) is 17.7 Å². The average molecular weight is 274 g/mol. The Balaban J connectivity index is 2.33. The van der Waals surface area contributed by atoms with Gasteiger partial charge in [0.2, 0.25) is 0 Å². The fourth-order valence-electron chi connectivity index (χ4n) is 2.35. The molecule has 0 amide bonds. The van der Waals surface area contributed by atoms with Crippen molar-refractivity contribution in [2.75, 3.05) is 6.61 Å². The fourth-order valence-corrected chi connectivity index (χ4v) is 2.35. The molecule has 106 valence electrons. The number of aryl methyl sites for hydroxylation is 2. The van der Waals surface area contributed by atoms with Crippen LogP contribution in [-0.2, 0) is 0 Å². The van der Waals surface area contributed by atoms with Crippen molar-refractivity contribution in [2.45, 2.75) is 26.9 Å². The van der Waals surface area contributed by atoms with Gasteiger partial charge < -0.3 is 9.84 Å². The molecule has 2 aromatic carbocycles. The van der Waals surface area contributed by atoms with Gasteiger partial charge in [-0.3, -0.25) is 0 Å². The van der Waals surface area contributed by atoms with E-state index in [4.69, 9.17) is 4.74 Å². The number of hydrogen-bond acceptors (Lipinski definition) is 2. The van der Waals surface area contributed by atoms with Crippen molar-refractivity contribution >= 4 is 0 Å². The highest BCUT2D eigenvalue weighted by atomic mass is 19.1. The van der Waals surface area contributed by atoms with E-state index in [1.165, 1.54) is 6.07 Å². The molecule has 2 aromatic rings. The first kappa shape index (κ1) is 14.5. The van der Waals surface area contributed by atoms with E-state index in [1.54, 1.807) is 24.3 Å². The Kier molecular flexibility index (Phi) is 4.40. The highest BCUT2D eigenvalue weighted by molar-refractivity contribution is 5.40. The van der Waals surface area contributed by atoms with Gasteiger partial charge in [-0.2, -0.15) is 0 Å². The lowest BCUT2D eigenvalue weighted by atomic mass is 9.95. The molecule has 0 fully saturated rings. The zero-order valence-electron chi connectivity index (χ0n) is 12.0. The van der Waals surface area contributed by atoms with Crippen LogP contribution in [0.25, 0.3) is 0 Å². The van der Waals surface area contributed by atoms with E-state index in [0.717, 1.165) is 16.9 Å². The van der Waals surface area contributed by atoms with Crippen LogP contribution in [0.4, 0.5) is 4.39 Å². The second kappa shape index (κ2) is 6.06. The Hall–Kier alpha value is -1.87. The fraction of sp³-hybridized carbons (Fsp3) is 0.294. The molecule has 1 atom stereocenters. The van der Waals surface area contributed by atoms with Gasteiger partial charge in [0.15, 0.2) is 0 Å². The van der Waals surface area contributed by atoms with Crippen molar-refractivity contribution < 1.29 is 14.2 Å². The smallest absolute Gasteiger partial charge is 0.129 e. The van der Waals surface area contributed by atoms with Crippen molar-refractivity contribution in [2.24, 2.45) is 0 Å². The summed E-state index contributed by atoms with van der Waals surface area (Å²) in [6.07, 6.45) is -0.966. The number of aliphatic hydroxyl groups excluding tert-OH is 1. The van der Waals surface area contributed by atoms with Gasteiger partial charge in [0, 0.05) is 5.56 Å². The Morgan fingerprint density at radius 3 is 2.35 bits per heavy atom. The lowest BCUT2D eigenvalue weighted by Crippen LogP contribution is -2.06. The molecule has 0 aromatic heterocycles. The molecule has 0 heterocycles. The summed E-state index contributed by atoms with van der Waals surface area (Å²) in [4.78, 5) is 0. The molecule has 0 radical (unpaired) electrons. The summed E-state index contributed by atoms with van der Waals surface area (Å²) in [5.74, 6) is 0.369. The zero-order chi connectivity index (χ0) is 14.7. The van der Waals surface area contributed by atoms with Crippen molar-refractivity contribution in [3.05, 3.63) is 64.5 Å². The van der Waals surface area contributed by atoms with E-state index in [-0.39, 0.29) is 5.82 Å².